The van der Waals surface area contributed by atoms with Crippen molar-refractivity contribution in [3.8, 4) is 0 Å². The highest BCUT2D eigenvalue weighted by Gasteiger charge is 2.23. The van der Waals surface area contributed by atoms with E-state index in [0.29, 0.717) is 17.8 Å². The average molecular weight is 235 g/mol. The molecule has 1 unspecified atom stereocenters. The van der Waals surface area contributed by atoms with E-state index in [1.807, 2.05) is 0 Å². The number of likely N-dealkylation sites (tertiary alicyclic amines) is 1. The summed E-state index contributed by atoms with van der Waals surface area (Å²) in [7, 11) is 0. The SMILES string of the molecule is CC(C)N1CCC(CNc2cncc(N)n2)C1. The average Bonchev–Trinajstić information content (AvgIpc) is 2.75. The molecule has 0 bridgehead atoms. The summed E-state index contributed by atoms with van der Waals surface area (Å²) in [6.07, 6.45) is 4.52. The first-order valence-corrected chi connectivity index (χ1v) is 6.20. The number of anilines is 2. The molecule has 94 valence electrons. The fraction of sp³-hybridized carbons (Fsp3) is 0.667. The first-order chi connectivity index (χ1) is 8.15. The number of nitrogens with zero attached hydrogens (tertiary/aromatic N) is 3. The van der Waals surface area contributed by atoms with Gasteiger partial charge >= 0.3 is 0 Å². The van der Waals surface area contributed by atoms with Crippen molar-refractivity contribution < 1.29 is 0 Å². The van der Waals surface area contributed by atoms with Crippen molar-refractivity contribution in [2.24, 2.45) is 5.92 Å². The molecule has 5 nitrogen and oxygen atoms in total. The van der Waals surface area contributed by atoms with Crippen LogP contribution in [0.15, 0.2) is 12.4 Å². The molecular weight excluding hydrogens is 214 g/mol. The number of nitrogen functional groups attached to an aromatic ring is 1. The van der Waals surface area contributed by atoms with Gasteiger partial charge in [-0.15, -0.1) is 0 Å². The number of rotatable bonds is 4. The van der Waals surface area contributed by atoms with Crippen molar-refractivity contribution >= 4 is 11.6 Å². The summed E-state index contributed by atoms with van der Waals surface area (Å²) in [6, 6.07) is 0.646. The van der Waals surface area contributed by atoms with Gasteiger partial charge in [0.25, 0.3) is 0 Å². The van der Waals surface area contributed by atoms with Gasteiger partial charge in [-0.1, -0.05) is 0 Å². The summed E-state index contributed by atoms with van der Waals surface area (Å²) >= 11 is 0. The lowest BCUT2D eigenvalue weighted by atomic mass is 10.1. The summed E-state index contributed by atoms with van der Waals surface area (Å²) in [4.78, 5) is 10.7. The first-order valence-electron chi connectivity index (χ1n) is 6.20. The van der Waals surface area contributed by atoms with Crippen LogP contribution in [0.5, 0.6) is 0 Å². The van der Waals surface area contributed by atoms with Gasteiger partial charge in [0.05, 0.1) is 12.4 Å². The van der Waals surface area contributed by atoms with Gasteiger partial charge in [0.2, 0.25) is 0 Å². The lowest BCUT2D eigenvalue weighted by Crippen LogP contribution is -2.29. The molecule has 0 spiro atoms. The van der Waals surface area contributed by atoms with E-state index in [2.05, 4.69) is 34.0 Å². The topological polar surface area (TPSA) is 67.1 Å². The van der Waals surface area contributed by atoms with E-state index >= 15 is 0 Å². The molecule has 1 aromatic heterocycles. The molecular formula is C12H21N5. The quantitative estimate of drug-likeness (QED) is 0.821. The second kappa shape index (κ2) is 5.31. The molecule has 1 saturated heterocycles. The predicted molar refractivity (Wildman–Crippen MR) is 69.8 cm³/mol. The van der Waals surface area contributed by atoms with Gasteiger partial charge in [0.15, 0.2) is 0 Å². The molecule has 0 saturated carbocycles. The fourth-order valence-corrected chi connectivity index (χ4v) is 2.21. The van der Waals surface area contributed by atoms with Gasteiger partial charge in [-0.05, 0) is 32.7 Å². The van der Waals surface area contributed by atoms with Gasteiger partial charge in [-0.3, -0.25) is 4.98 Å². The monoisotopic (exact) mass is 235 g/mol. The Balaban J connectivity index is 1.80. The molecule has 5 heteroatoms. The number of nitrogens with one attached hydrogen (secondary N) is 1. The molecule has 0 radical (unpaired) electrons. The van der Waals surface area contributed by atoms with E-state index in [-0.39, 0.29) is 0 Å². The van der Waals surface area contributed by atoms with Gasteiger partial charge in [-0.2, -0.15) is 0 Å². The highest BCUT2D eigenvalue weighted by Crippen LogP contribution is 2.18. The lowest BCUT2D eigenvalue weighted by molar-refractivity contribution is 0.266. The minimum atomic E-state index is 0.463. The third kappa shape index (κ3) is 3.30. The Kier molecular flexibility index (Phi) is 3.78. The zero-order chi connectivity index (χ0) is 12.3. The van der Waals surface area contributed by atoms with Crippen molar-refractivity contribution in [2.75, 3.05) is 30.7 Å². The Labute approximate surface area is 102 Å². The molecule has 17 heavy (non-hydrogen) atoms. The van der Waals surface area contributed by atoms with Crippen LogP contribution >= 0.6 is 0 Å². The van der Waals surface area contributed by atoms with Gasteiger partial charge in [-0.25, -0.2) is 4.98 Å². The third-order valence-electron chi connectivity index (χ3n) is 3.27. The smallest absolute Gasteiger partial charge is 0.146 e. The minimum Gasteiger partial charge on any atom is -0.382 e. The van der Waals surface area contributed by atoms with Crippen LogP contribution in [0.1, 0.15) is 20.3 Å². The van der Waals surface area contributed by atoms with Crippen LogP contribution in [0.25, 0.3) is 0 Å². The van der Waals surface area contributed by atoms with Crippen LogP contribution in [0, 0.1) is 5.92 Å². The maximum atomic E-state index is 5.58. The van der Waals surface area contributed by atoms with Crippen LogP contribution < -0.4 is 11.1 Å². The summed E-state index contributed by atoms with van der Waals surface area (Å²) in [5, 5.41) is 3.31. The van der Waals surface area contributed by atoms with E-state index in [1.165, 1.54) is 19.5 Å². The van der Waals surface area contributed by atoms with Gasteiger partial charge in [0, 0.05) is 19.1 Å². The standard InChI is InChI=1S/C12H21N5/c1-9(2)17-4-3-10(8-17)5-15-12-7-14-6-11(13)16-12/h6-7,9-10H,3-5,8H2,1-2H3,(H3,13,15,16). The van der Waals surface area contributed by atoms with Crippen LogP contribution in [0.2, 0.25) is 0 Å². The minimum absolute atomic E-state index is 0.463. The number of hydrogen-bond donors (Lipinski definition) is 2. The molecule has 3 N–H and O–H groups in total. The van der Waals surface area contributed by atoms with Crippen molar-refractivity contribution in [3.63, 3.8) is 0 Å². The van der Waals surface area contributed by atoms with Crippen LogP contribution in [0.3, 0.4) is 0 Å². The molecule has 2 rings (SSSR count). The normalized spacial score (nSPS) is 21.0. The number of hydrogen-bond acceptors (Lipinski definition) is 5. The third-order valence-corrected chi connectivity index (χ3v) is 3.27. The highest BCUT2D eigenvalue weighted by atomic mass is 15.2. The zero-order valence-electron chi connectivity index (χ0n) is 10.6. The Bertz CT molecular complexity index is 366. The highest BCUT2D eigenvalue weighted by molar-refractivity contribution is 5.38. The van der Waals surface area contributed by atoms with Crippen LogP contribution in [0.4, 0.5) is 11.6 Å². The fourth-order valence-electron chi connectivity index (χ4n) is 2.21. The molecule has 1 atom stereocenters. The first kappa shape index (κ1) is 12.1. The summed E-state index contributed by atoms with van der Waals surface area (Å²) < 4.78 is 0. The number of aromatic nitrogens is 2. The van der Waals surface area contributed by atoms with Crippen molar-refractivity contribution in [1.29, 1.82) is 0 Å². The van der Waals surface area contributed by atoms with E-state index in [1.54, 1.807) is 12.4 Å². The van der Waals surface area contributed by atoms with E-state index in [9.17, 15) is 0 Å². The van der Waals surface area contributed by atoms with E-state index in [4.69, 9.17) is 5.73 Å². The molecule has 0 aromatic carbocycles. The second-order valence-electron chi connectivity index (χ2n) is 4.95. The van der Waals surface area contributed by atoms with E-state index < -0.39 is 0 Å². The molecule has 1 aliphatic rings. The molecule has 1 fully saturated rings. The van der Waals surface area contributed by atoms with Crippen LogP contribution in [-0.4, -0.2) is 40.5 Å². The largest absolute Gasteiger partial charge is 0.382 e. The number of nitrogens with two attached hydrogens (primary N) is 1. The van der Waals surface area contributed by atoms with E-state index in [0.717, 1.165) is 12.4 Å². The Morgan fingerprint density at radius 2 is 2.35 bits per heavy atom. The van der Waals surface area contributed by atoms with Crippen molar-refractivity contribution in [2.45, 2.75) is 26.3 Å². The van der Waals surface area contributed by atoms with Gasteiger partial charge in [0.1, 0.15) is 11.6 Å². The Hall–Kier alpha value is -1.36. The molecule has 1 aliphatic heterocycles. The Morgan fingerprint density at radius 1 is 1.53 bits per heavy atom. The maximum absolute atomic E-state index is 5.58. The predicted octanol–water partition coefficient (Wildman–Crippen LogP) is 1.20. The second-order valence-corrected chi connectivity index (χ2v) is 4.95. The summed E-state index contributed by atoms with van der Waals surface area (Å²) in [5.41, 5.74) is 5.58. The van der Waals surface area contributed by atoms with Crippen LogP contribution in [-0.2, 0) is 0 Å². The molecule has 0 aliphatic carbocycles. The zero-order valence-corrected chi connectivity index (χ0v) is 10.6. The lowest BCUT2D eigenvalue weighted by Gasteiger charge is -2.20. The summed E-state index contributed by atoms with van der Waals surface area (Å²) in [6.45, 7) is 7.81. The van der Waals surface area contributed by atoms with Crippen molar-refractivity contribution in [3.05, 3.63) is 12.4 Å². The molecule has 2 heterocycles. The molecule has 1 aromatic rings. The molecule has 0 amide bonds. The van der Waals surface area contributed by atoms with Gasteiger partial charge < -0.3 is 16.0 Å². The maximum Gasteiger partial charge on any atom is 0.146 e. The van der Waals surface area contributed by atoms with Crippen molar-refractivity contribution in [1.82, 2.24) is 14.9 Å². The Morgan fingerprint density at radius 3 is 3.00 bits per heavy atom. The summed E-state index contributed by atoms with van der Waals surface area (Å²) in [5.74, 6) is 1.93.